The van der Waals surface area contributed by atoms with E-state index in [0.29, 0.717) is 6.61 Å². The summed E-state index contributed by atoms with van der Waals surface area (Å²) in [5.74, 6) is -0.623. The molecule has 3 heteroatoms. The van der Waals surface area contributed by atoms with Crippen molar-refractivity contribution in [3.05, 3.63) is 90.0 Å². The average molecular weight is 332 g/mol. The van der Waals surface area contributed by atoms with E-state index >= 15 is 0 Å². The molecule has 0 heterocycles. The Morgan fingerprint density at radius 2 is 1.56 bits per heavy atom. The van der Waals surface area contributed by atoms with Gasteiger partial charge in [-0.25, -0.2) is 0 Å². The van der Waals surface area contributed by atoms with Gasteiger partial charge in [0.2, 0.25) is 0 Å². The fraction of sp³-hybridized carbons (Fsp3) is 0.136. The van der Waals surface area contributed by atoms with Crippen molar-refractivity contribution in [3.63, 3.8) is 0 Å². The first-order valence-electron chi connectivity index (χ1n) is 8.24. The molecule has 0 saturated heterocycles. The van der Waals surface area contributed by atoms with E-state index in [1.165, 1.54) is 0 Å². The monoisotopic (exact) mass is 332 g/mol. The van der Waals surface area contributed by atoms with Crippen LogP contribution in [0.5, 0.6) is 5.75 Å². The lowest BCUT2D eigenvalue weighted by atomic mass is 10.0. The van der Waals surface area contributed by atoms with Crippen molar-refractivity contribution in [2.75, 3.05) is 0 Å². The number of aliphatic carboxylic acids is 1. The lowest BCUT2D eigenvalue weighted by Gasteiger charge is -2.12. The van der Waals surface area contributed by atoms with Gasteiger partial charge in [-0.15, -0.1) is 0 Å². The zero-order valence-corrected chi connectivity index (χ0v) is 14.1. The van der Waals surface area contributed by atoms with Gasteiger partial charge in [-0.2, -0.15) is 0 Å². The summed E-state index contributed by atoms with van der Waals surface area (Å²) >= 11 is 0. The molecular formula is C22H20O3. The van der Waals surface area contributed by atoms with Crippen molar-refractivity contribution in [2.45, 2.75) is 19.4 Å². The minimum Gasteiger partial charge on any atom is -0.489 e. The van der Waals surface area contributed by atoms with Gasteiger partial charge in [-0.1, -0.05) is 66.7 Å². The fourth-order valence-corrected chi connectivity index (χ4v) is 2.70. The molecule has 1 N–H and O–H groups in total. The Labute approximate surface area is 147 Å². The normalized spacial score (nSPS) is 11.7. The topological polar surface area (TPSA) is 46.5 Å². The van der Waals surface area contributed by atoms with E-state index in [-0.39, 0.29) is 0 Å². The van der Waals surface area contributed by atoms with Crippen LogP contribution in [-0.4, -0.2) is 11.1 Å². The van der Waals surface area contributed by atoms with Gasteiger partial charge in [0.25, 0.3) is 0 Å². The summed E-state index contributed by atoms with van der Waals surface area (Å²) in [6.45, 7) is 2.13. The highest BCUT2D eigenvalue weighted by Crippen LogP contribution is 2.25. The summed E-state index contributed by atoms with van der Waals surface area (Å²) < 4.78 is 5.90. The summed E-state index contributed by atoms with van der Waals surface area (Å²) in [6, 6.07) is 25.6. The summed E-state index contributed by atoms with van der Waals surface area (Å²) in [5.41, 5.74) is 4.19. The highest BCUT2D eigenvalue weighted by atomic mass is 16.5. The van der Waals surface area contributed by atoms with Gasteiger partial charge >= 0.3 is 5.97 Å². The number of hydrogen-bond donors (Lipinski definition) is 1. The number of benzene rings is 3. The van der Waals surface area contributed by atoms with E-state index in [1.807, 2.05) is 42.5 Å². The van der Waals surface area contributed by atoms with E-state index in [2.05, 4.69) is 24.3 Å². The Hall–Kier alpha value is -3.07. The second kappa shape index (κ2) is 7.67. The minimum absolute atomic E-state index is 0.457. The first-order chi connectivity index (χ1) is 12.1. The second-order valence-corrected chi connectivity index (χ2v) is 5.94. The van der Waals surface area contributed by atoms with Crippen LogP contribution < -0.4 is 4.74 Å². The first kappa shape index (κ1) is 16.8. The van der Waals surface area contributed by atoms with Crippen LogP contribution in [0.3, 0.4) is 0 Å². The van der Waals surface area contributed by atoms with E-state index in [0.717, 1.165) is 28.0 Å². The smallest absolute Gasteiger partial charge is 0.310 e. The Kier molecular flexibility index (Phi) is 5.14. The summed E-state index contributed by atoms with van der Waals surface area (Å²) in [4.78, 5) is 11.0. The molecule has 3 aromatic carbocycles. The van der Waals surface area contributed by atoms with E-state index in [9.17, 15) is 4.79 Å². The molecule has 0 spiro atoms. The van der Waals surface area contributed by atoms with Crippen LogP contribution in [0.25, 0.3) is 11.1 Å². The number of carboxylic acids is 1. The van der Waals surface area contributed by atoms with Gasteiger partial charge in [0, 0.05) is 0 Å². The molecule has 1 atom stereocenters. The van der Waals surface area contributed by atoms with E-state index < -0.39 is 11.9 Å². The predicted molar refractivity (Wildman–Crippen MR) is 98.7 cm³/mol. The van der Waals surface area contributed by atoms with Crippen molar-refractivity contribution >= 4 is 5.97 Å². The largest absolute Gasteiger partial charge is 0.489 e. The van der Waals surface area contributed by atoms with Gasteiger partial charge in [0.05, 0.1) is 5.92 Å². The predicted octanol–water partition coefficient (Wildman–Crippen LogP) is 5.12. The van der Waals surface area contributed by atoms with Crippen molar-refractivity contribution in [2.24, 2.45) is 0 Å². The average Bonchev–Trinajstić information content (AvgIpc) is 2.67. The van der Waals surface area contributed by atoms with Crippen LogP contribution in [-0.2, 0) is 11.4 Å². The molecule has 3 rings (SSSR count). The van der Waals surface area contributed by atoms with Gasteiger partial charge in [-0.05, 0) is 41.3 Å². The van der Waals surface area contributed by atoms with Gasteiger partial charge < -0.3 is 9.84 Å². The number of hydrogen-bond acceptors (Lipinski definition) is 2. The third-order valence-corrected chi connectivity index (χ3v) is 4.25. The molecule has 0 aromatic heterocycles. The SMILES string of the molecule is CC(C(=O)O)c1ccc(OCc2ccccc2-c2ccccc2)cc1. The minimum atomic E-state index is -0.828. The van der Waals surface area contributed by atoms with Crippen LogP contribution in [0.2, 0.25) is 0 Å². The molecule has 3 aromatic rings. The Balaban J connectivity index is 1.73. The van der Waals surface area contributed by atoms with E-state index in [4.69, 9.17) is 9.84 Å². The number of rotatable bonds is 6. The Morgan fingerprint density at radius 1 is 0.920 bits per heavy atom. The highest BCUT2D eigenvalue weighted by molar-refractivity contribution is 5.75. The van der Waals surface area contributed by atoms with Crippen LogP contribution in [0.1, 0.15) is 24.0 Å². The van der Waals surface area contributed by atoms with Crippen LogP contribution in [0.15, 0.2) is 78.9 Å². The van der Waals surface area contributed by atoms with Gasteiger partial charge in [0.1, 0.15) is 12.4 Å². The molecule has 0 amide bonds. The molecule has 0 radical (unpaired) electrons. The Bertz CT molecular complexity index is 839. The second-order valence-electron chi connectivity index (χ2n) is 5.94. The molecule has 0 fully saturated rings. The molecule has 126 valence electrons. The van der Waals surface area contributed by atoms with Crippen LogP contribution in [0.4, 0.5) is 0 Å². The summed E-state index contributed by atoms with van der Waals surface area (Å²) in [7, 11) is 0. The molecule has 0 aliphatic carbocycles. The number of carboxylic acid groups (broad SMARTS) is 1. The zero-order chi connectivity index (χ0) is 17.6. The Morgan fingerprint density at radius 3 is 2.24 bits per heavy atom. The van der Waals surface area contributed by atoms with E-state index in [1.54, 1.807) is 19.1 Å². The third-order valence-electron chi connectivity index (χ3n) is 4.25. The van der Waals surface area contributed by atoms with Crippen molar-refractivity contribution in [3.8, 4) is 16.9 Å². The van der Waals surface area contributed by atoms with Gasteiger partial charge in [-0.3, -0.25) is 4.79 Å². The molecule has 0 aliphatic rings. The summed E-state index contributed by atoms with van der Waals surface area (Å²) in [6.07, 6.45) is 0. The zero-order valence-electron chi connectivity index (χ0n) is 14.1. The maximum Gasteiger partial charge on any atom is 0.310 e. The molecule has 0 bridgehead atoms. The molecule has 25 heavy (non-hydrogen) atoms. The number of carbonyl (C=O) groups is 1. The molecule has 0 aliphatic heterocycles. The fourth-order valence-electron chi connectivity index (χ4n) is 2.70. The first-order valence-corrected chi connectivity index (χ1v) is 8.24. The molecule has 3 nitrogen and oxygen atoms in total. The maximum absolute atomic E-state index is 11.0. The van der Waals surface area contributed by atoms with Crippen molar-refractivity contribution in [1.82, 2.24) is 0 Å². The lowest BCUT2D eigenvalue weighted by Crippen LogP contribution is -2.07. The molecular weight excluding hydrogens is 312 g/mol. The van der Waals surface area contributed by atoms with Gasteiger partial charge in [0.15, 0.2) is 0 Å². The standard InChI is InChI=1S/C22H20O3/c1-16(22(23)24)17-11-13-20(14-12-17)25-15-19-9-5-6-10-21(19)18-7-3-2-4-8-18/h2-14,16H,15H2,1H3,(H,23,24). The van der Waals surface area contributed by atoms with Crippen LogP contribution >= 0.6 is 0 Å². The molecule has 1 unspecified atom stereocenters. The van der Waals surface area contributed by atoms with Crippen molar-refractivity contribution in [1.29, 1.82) is 0 Å². The highest BCUT2D eigenvalue weighted by Gasteiger charge is 2.13. The maximum atomic E-state index is 11.0. The van der Waals surface area contributed by atoms with Crippen LogP contribution in [0, 0.1) is 0 Å². The third kappa shape index (κ3) is 4.07. The summed E-state index contributed by atoms with van der Waals surface area (Å²) in [5, 5.41) is 9.06. The lowest BCUT2D eigenvalue weighted by molar-refractivity contribution is -0.138. The quantitative estimate of drug-likeness (QED) is 0.681. The number of ether oxygens (including phenoxy) is 1. The molecule has 0 saturated carbocycles. The van der Waals surface area contributed by atoms with Crippen molar-refractivity contribution < 1.29 is 14.6 Å².